The van der Waals surface area contributed by atoms with Gasteiger partial charge in [0, 0.05) is 32.7 Å². The van der Waals surface area contributed by atoms with Crippen molar-refractivity contribution in [1.82, 2.24) is 20.2 Å². The van der Waals surface area contributed by atoms with E-state index in [0.717, 1.165) is 44.1 Å². The number of anilines is 1. The minimum atomic E-state index is -0.199. The molecule has 6 heteroatoms. The molecule has 0 unspecified atom stereocenters. The summed E-state index contributed by atoms with van der Waals surface area (Å²) in [5, 5.41) is 2.89. The second kappa shape index (κ2) is 8.07. The fourth-order valence-electron chi connectivity index (χ4n) is 2.87. The van der Waals surface area contributed by atoms with Crippen molar-refractivity contribution in [2.75, 3.05) is 37.6 Å². The summed E-state index contributed by atoms with van der Waals surface area (Å²) in [7, 11) is 0. The van der Waals surface area contributed by atoms with Gasteiger partial charge in [-0.05, 0) is 19.0 Å². The van der Waals surface area contributed by atoms with E-state index in [9.17, 15) is 4.79 Å². The second-order valence-corrected chi connectivity index (χ2v) is 6.35. The monoisotopic (exact) mass is 339 g/mol. The topological polar surface area (TPSA) is 61.4 Å². The summed E-state index contributed by atoms with van der Waals surface area (Å²) < 4.78 is 0. The molecule has 2 aromatic rings. The zero-order valence-corrected chi connectivity index (χ0v) is 14.9. The number of hydrogen-bond donors (Lipinski definition) is 1. The van der Waals surface area contributed by atoms with Gasteiger partial charge < -0.3 is 15.1 Å². The molecule has 0 bridgehead atoms. The minimum absolute atomic E-state index is 0.199. The largest absolute Gasteiger partial charge is 0.353 e. The van der Waals surface area contributed by atoms with E-state index in [-0.39, 0.29) is 5.91 Å². The molecule has 1 aromatic heterocycles. The summed E-state index contributed by atoms with van der Waals surface area (Å²) in [6, 6.07) is 8.10. The summed E-state index contributed by atoms with van der Waals surface area (Å²) >= 11 is 0. The molecule has 1 saturated heterocycles. The summed E-state index contributed by atoms with van der Waals surface area (Å²) in [6.07, 6.45) is 3.26. The highest BCUT2D eigenvalue weighted by atomic mass is 16.1. The average Bonchev–Trinajstić information content (AvgIpc) is 2.67. The highest BCUT2D eigenvalue weighted by molar-refractivity contribution is 5.91. The molecule has 0 spiro atoms. The molecule has 1 amide bonds. The number of carbonyl (C=O) groups is 1. The first kappa shape index (κ1) is 17.4. The standard InChI is InChI=1S/C19H25N5O/c1-3-23-8-10-24(11-9-23)18-14-20-17(13-21-18)19(25)22-12-16-6-4-15(2)5-7-16/h4-7,13-14H,3,8-12H2,1-2H3,(H,22,25). The highest BCUT2D eigenvalue weighted by Crippen LogP contribution is 2.12. The Morgan fingerprint density at radius 1 is 1.08 bits per heavy atom. The molecule has 0 saturated carbocycles. The molecule has 1 N–H and O–H groups in total. The van der Waals surface area contributed by atoms with Gasteiger partial charge in [-0.2, -0.15) is 0 Å². The van der Waals surface area contributed by atoms with Crippen LogP contribution in [0.4, 0.5) is 5.82 Å². The maximum Gasteiger partial charge on any atom is 0.271 e. The van der Waals surface area contributed by atoms with Crippen molar-refractivity contribution in [1.29, 1.82) is 0 Å². The molecule has 1 aliphatic heterocycles. The van der Waals surface area contributed by atoms with Crippen molar-refractivity contribution in [2.45, 2.75) is 20.4 Å². The number of benzene rings is 1. The van der Waals surface area contributed by atoms with Crippen molar-refractivity contribution in [3.63, 3.8) is 0 Å². The number of nitrogens with zero attached hydrogens (tertiary/aromatic N) is 4. The number of likely N-dealkylation sites (N-methyl/N-ethyl adjacent to an activating group) is 1. The van der Waals surface area contributed by atoms with Gasteiger partial charge in [-0.15, -0.1) is 0 Å². The Hall–Kier alpha value is -2.47. The van der Waals surface area contributed by atoms with Crippen LogP contribution in [0, 0.1) is 6.92 Å². The lowest BCUT2D eigenvalue weighted by molar-refractivity contribution is 0.0945. The lowest BCUT2D eigenvalue weighted by Gasteiger charge is -2.34. The molecule has 6 nitrogen and oxygen atoms in total. The quantitative estimate of drug-likeness (QED) is 0.901. The molecule has 1 aliphatic rings. The molecule has 3 rings (SSSR count). The first-order valence-electron chi connectivity index (χ1n) is 8.79. The van der Waals surface area contributed by atoms with Gasteiger partial charge in [0.25, 0.3) is 5.91 Å². The third kappa shape index (κ3) is 4.54. The van der Waals surface area contributed by atoms with E-state index in [0.29, 0.717) is 12.2 Å². The van der Waals surface area contributed by atoms with Gasteiger partial charge in [-0.1, -0.05) is 36.8 Å². The molecule has 0 aliphatic carbocycles. The number of aryl methyl sites for hydroxylation is 1. The smallest absolute Gasteiger partial charge is 0.271 e. The number of rotatable bonds is 5. The average molecular weight is 339 g/mol. The van der Waals surface area contributed by atoms with Crippen LogP contribution in [0.3, 0.4) is 0 Å². The molecule has 132 valence electrons. The molecular formula is C19H25N5O. The maximum atomic E-state index is 12.2. The van der Waals surface area contributed by atoms with Gasteiger partial charge in [0.1, 0.15) is 11.5 Å². The van der Waals surface area contributed by atoms with Gasteiger partial charge in [0.15, 0.2) is 0 Å². The van der Waals surface area contributed by atoms with Crippen LogP contribution in [0.5, 0.6) is 0 Å². The molecule has 1 fully saturated rings. The Labute approximate surface area is 148 Å². The van der Waals surface area contributed by atoms with Crippen molar-refractivity contribution in [2.24, 2.45) is 0 Å². The normalized spacial score (nSPS) is 15.2. The van der Waals surface area contributed by atoms with Crippen molar-refractivity contribution >= 4 is 11.7 Å². The molecule has 2 heterocycles. The van der Waals surface area contributed by atoms with Gasteiger partial charge in [-0.25, -0.2) is 9.97 Å². The molecule has 0 atom stereocenters. The van der Waals surface area contributed by atoms with Crippen molar-refractivity contribution in [3.05, 3.63) is 53.5 Å². The van der Waals surface area contributed by atoms with E-state index >= 15 is 0 Å². The van der Waals surface area contributed by atoms with Crippen LogP contribution in [0.25, 0.3) is 0 Å². The summed E-state index contributed by atoms with van der Waals surface area (Å²) in [5.41, 5.74) is 2.62. The lowest BCUT2D eigenvalue weighted by Crippen LogP contribution is -2.46. The van der Waals surface area contributed by atoms with Crippen molar-refractivity contribution < 1.29 is 4.79 Å². The van der Waals surface area contributed by atoms with E-state index in [1.807, 2.05) is 31.2 Å². The summed E-state index contributed by atoms with van der Waals surface area (Å²) in [5.74, 6) is 0.640. The van der Waals surface area contributed by atoms with Crippen LogP contribution in [-0.4, -0.2) is 53.5 Å². The van der Waals surface area contributed by atoms with Crippen LogP contribution >= 0.6 is 0 Å². The Balaban J connectivity index is 1.54. The van der Waals surface area contributed by atoms with Crippen LogP contribution in [0.15, 0.2) is 36.7 Å². The van der Waals surface area contributed by atoms with Gasteiger partial charge >= 0.3 is 0 Å². The number of piperazine rings is 1. The minimum Gasteiger partial charge on any atom is -0.353 e. The first-order chi connectivity index (χ1) is 12.2. The Kier molecular flexibility index (Phi) is 5.60. The summed E-state index contributed by atoms with van der Waals surface area (Å²) in [4.78, 5) is 25.6. The van der Waals surface area contributed by atoms with E-state index in [1.54, 1.807) is 12.4 Å². The number of nitrogens with one attached hydrogen (secondary N) is 1. The van der Waals surface area contributed by atoms with Gasteiger partial charge in [0.2, 0.25) is 0 Å². The van der Waals surface area contributed by atoms with E-state index in [4.69, 9.17) is 0 Å². The number of amides is 1. The summed E-state index contributed by atoms with van der Waals surface area (Å²) in [6.45, 7) is 9.76. The molecule has 25 heavy (non-hydrogen) atoms. The number of hydrogen-bond acceptors (Lipinski definition) is 5. The van der Waals surface area contributed by atoms with E-state index in [1.165, 1.54) is 5.56 Å². The fraction of sp³-hybridized carbons (Fsp3) is 0.421. The lowest BCUT2D eigenvalue weighted by atomic mass is 10.1. The van der Waals surface area contributed by atoms with E-state index in [2.05, 4.69) is 32.0 Å². The molecular weight excluding hydrogens is 314 g/mol. The van der Waals surface area contributed by atoms with Crippen LogP contribution < -0.4 is 10.2 Å². The van der Waals surface area contributed by atoms with Gasteiger partial charge in [-0.3, -0.25) is 4.79 Å². The second-order valence-electron chi connectivity index (χ2n) is 6.35. The highest BCUT2D eigenvalue weighted by Gasteiger charge is 2.17. The van der Waals surface area contributed by atoms with Crippen LogP contribution in [0.1, 0.15) is 28.5 Å². The molecule has 1 aromatic carbocycles. The Morgan fingerprint density at radius 3 is 2.40 bits per heavy atom. The Bertz CT molecular complexity index is 691. The van der Waals surface area contributed by atoms with Crippen molar-refractivity contribution in [3.8, 4) is 0 Å². The zero-order chi connectivity index (χ0) is 17.6. The van der Waals surface area contributed by atoms with Crippen LogP contribution in [0.2, 0.25) is 0 Å². The SMILES string of the molecule is CCN1CCN(c2cnc(C(=O)NCc3ccc(C)cc3)cn2)CC1. The van der Waals surface area contributed by atoms with Crippen LogP contribution in [-0.2, 0) is 6.54 Å². The first-order valence-corrected chi connectivity index (χ1v) is 8.79. The number of aromatic nitrogens is 2. The van der Waals surface area contributed by atoms with E-state index < -0.39 is 0 Å². The zero-order valence-electron chi connectivity index (χ0n) is 14.9. The number of carbonyl (C=O) groups excluding carboxylic acids is 1. The third-order valence-corrected chi connectivity index (χ3v) is 4.59. The molecule has 0 radical (unpaired) electrons. The fourth-order valence-corrected chi connectivity index (χ4v) is 2.87. The Morgan fingerprint density at radius 2 is 1.80 bits per heavy atom. The predicted octanol–water partition coefficient (Wildman–Crippen LogP) is 1.86. The predicted molar refractivity (Wildman–Crippen MR) is 98.7 cm³/mol. The third-order valence-electron chi connectivity index (χ3n) is 4.59. The van der Waals surface area contributed by atoms with Gasteiger partial charge in [0.05, 0.1) is 12.4 Å². The maximum absolute atomic E-state index is 12.2.